The van der Waals surface area contributed by atoms with Gasteiger partial charge in [-0.05, 0) is 43.1 Å². The van der Waals surface area contributed by atoms with Crippen LogP contribution in [0.5, 0.6) is 0 Å². The van der Waals surface area contributed by atoms with Crippen LogP contribution in [-0.2, 0) is 0 Å². The average Bonchev–Trinajstić information content (AvgIpc) is 2.50. The second-order valence-corrected chi connectivity index (χ2v) is 6.61. The summed E-state index contributed by atoms with van der Waals surface area (Å²) in [5, 5.41) is 10.4. The van der Waals surface area contributed by atoms with Gasteiger partial charge in [0.1, 0.15) is 5.82 Å². The summed E-state index contributed by atoms with van der Waals surface area (Å²) >= 11 is 0. The van der Waals surface area contributed by atoms with Crippen molar-refractivity contribution in [2.45, 2.75) is 51.0 Å². The smallest absolute Gasteiger partial charge is 0.161 e. The Kier molecular flexibility index (Phi) is 4.25. The van der Waals surface area contributed by atoms with Crippen molar-refractivity contribution in [3.05, 3.63) is 35.1 Å². The molecule has 3 rings (SSSR count). The zero-order chi connectivity index (χ0) is 15.0. The highest BCUT2D eigenvalue weighted by molar-refractivity contribution is 5.23. The third-order valence-corrected chi connectivity index (χ3v) is 5.39. The molecule has 0 aromatic heterocycles. The number of fused-ring (bicyclic) bond motifs is 1. The zero-order valence-corrected chi connectivity index (χ0v) is 12.0. The molecule has 0 heterocycles. The van der Waals surface area contributed by atoms with Crippen molar-refractivity contribution in [2.75, 3.05) is 0 Å². The van der Waals surface area contributed by atoms with Crippen molar-refractivity contribution in [3.8, 4) is 0 Å². The fraction of sp³-hybridized carbons (Fsp3) is 0.647. The van der Waals surface area contributed by atoms with Crippen molar-refractivity contribution in [1.82, 2.24) is 0 Å². The lowest BCUT2D eigenvalue weighted by molar-refractivity contribution is 0.0327. The van der Waals surface area contributed by atoms with E-state index < -0.39 is 23.6 Å². The fourth-order valence-electron chi connectivity index (χ4n) is 4.21. The molecule has 4 atom stereocenters. The molecule has 2 saturated carbocycles. The lowest BCUT2D eigenvalue weighted by Gasteiger charge is -2.40. The molecule has 4 unspecified atom stereocenters. The van der Waals surface area contributed by atoms with Gasteiger partial charge in [-0.3, -0.25) is 0 Å². The predicted molar refractivity (Wildman–Crippen MR) is 74.1 cm³/mol. The van der Waals surface area contributed by atoms with Crippen LogP contribution in [0.2, 0.25) is 0 Å². The van der Waals surface area contributed by atoms with Crippen molar-refractivity contribution < 1.29 is 18.3 Å². The van der Waals surface area contributed by atoms with E-state index in [1.54, 1.807) is 0 Å². The first-order valence-corrected chi connectivity index (χ1v) is 7.88. The van der Waals surface area contributed by atoms with Crippen LogP contribution < -0.4 is 0 Å². The van der Waals surface area contributed by atoms with Gasteiger partial charge in [0.15, 0.2) is 11.6 Å². The van der Waals surface area contributed by atoms with E-state index in [1.165, 1.54) is 25.7 Å². The highest BCUT2D eigenvalue weighted by Gasteiger charge is 2.36. The van der Waals surface area contributed by atoms with Gasteiger partial charge in [-0.25, -0.2) is 13.2 Å². The number of hydrogen-bond donors (Lipinski definition) is 1. The van der Waals surface area contributed by atoms with Gasteiger partial charge in [0.25, 0.3) is 0 Å². The van der Waals surface area contributed by atoms with Crippen LogP contribution in [0.25, 0.3) is 0 Å². The summed E-state index contributed by atoms with van der Waals surface area (Å²) in [6.07, 6.45) is 6.66. The Morgan fingerprint density at radius 3 is 2.29 bits per heavy atom. The van der Waals surface area contributed by atoms with Crippen LogP contribution in [0.15, 0.2) is 12.1 Å². The maximum Gasteiger partial charge on any atom is 0.161 e. The molecule has 0 amide bonds. The molecule has 1 nitrogen and oxygen atoms in total. The van der Waals surface area contributed by atoms with Gasteiger partial charge < -0.3 is 5.11 Å². The minimum Gasteiger partial charge on any atom is -0.388 e. The molecule has 2 aliphatic rings. The number of hydrogen-bond acceptors (Lipinski definition) is 1. The Bertz CT molecular complexity index is 517. The Hall–Kier alpha value is -1.03. The lowest BCUT2D eigenvalue weighted by Crippen LogP contribution is -2.30. The average molecular weight is 298 g/mol. The van der Waals surface area contributed by atoms with Gasteiger partial charge in [0.05, 0.1) is 6.10 Å². The zero-order valence-electron chi connectivity index (χ0n) is 12.0. The molecule has 1 N–H and O–H groups in total. The molecule has 4 heteroatoms. The van der Waals surface area contributed by atoms with E-state index in [0.29, 0.717) is 12.0 Å². The molecule has 1 aromatic carbocycles. The van der Waals surface area contributed by atoms with E-state index in [2.05, 4.69) is 0 Å². The highest BCUT2D eigenvalue weighted by Crippen LogP contribution is 2.46. The van der Waals surface area contributed by atoms with Gasteiger partial charge in [-0.15, -0.1) is 0 Å². The summed E-state index contributed by atoms with van der Waals surface area (Å²) in [6.45, 7) is 0. The van der Waals surface area contributed by atoms with Crippen LogP contribution in [-0.4, -0.2) is 5.11 Å². The van der Waals surface area contributed by atoms with Crippen LogP contribution in [0, 0.1) is 35.2 Å². The quantitative estimate of drug-likeness (QED) is 0.782. The van der Waals surface area contributed by atoms with Crippen molar-refractivity contribution in [1.29, 1.82) is 0 Å². The second-order valence-electron chi connectivity index (χ2n) is 6.61. The molecular weight excluding hydrogens is 277 g/mol. The van der Waals surface area contributed by atoms with Gasteiger partial charge in [0, 0.05) is 11.6 Å². The van der Waals surface area contributed by atoms with Crippen LogP contribution in [0.1, 0.15) is 56.6 Å². The SMILES string of the molecule is OC(c1cc(F)c(F)cc1F)C1CCC2CCCCC2C1. The van der Waals surface area contributed by atoms with Crippen LogP contribution >= 0.6 is 0 Å². The van der Waals surface area contributed by atoms with E-state index in [-0.39, 0.29) is 11.5 Å². The van der Waals surface area contributed by atoms with E-state index in [1.807, 2.05) is 0 Å². The number of benzene rings is 1. The molecule has 0 saturated heterocycles. The summed E-state index contributed by atoms with van der Waals surface area (Å²) in [6, 6.07) is 1.34. The standard InChI is InChI=1S/C17H21F3O/c18-14-9-16(20)15(19)8-13(14)17(21)12-6-5-10-3-1-2-4-11(10)7-12/h8-12,17,21H,1-7H2. The van der Waals surface area contributed by atoms with Gasteiger partial charge in [-0.1, -0.05) is 25.7 Å². The van der Waals surface area contributed by atoms with Crippen molar-refractivity contribution in [2.24, 2.45) is 17.8 Å². The molecule has 116 valence electrons. The third kappa shape index (κ3) is 2.96. The molecule has 2 fully saturated rings. The molecular formula is C17H21F3O. The third-order valence-electron chi connectivity index (χ3n) is 5.39. The minimum atomic E-state index is -1.21. The molecule has 1 aromatic rings. The first kappa shape index (κ1) is 14.9. The summed E-state index contributed by atoms with van der Waals surface area (Å²) in [7, 11) is 0. The molecule has 0 bridgehead atoms. The maximum absolute atomic E-state index is 13.8. The molecule has 21 heavy (non-hydrogen) atoms. The first-order chi connectivity index (χ1) is 10.1. The fourth-order valence-corrected chi connectivity index (χ4v) is 4.21. The second kappa shape index (κ2) is 5.99. The topological polar surface area (TPSA) is 20.2 Å². The van der Waals surface area contributed by atoms with Gasteiger partial charge in [-0.2, -0.15) is 0 Å². The van der Waals surface area contributed by atoms with Crippen LogP contribution in [0.4, 0.5) is 13.2 Å². The summed E-state index contributed by atoms with van der Waals surface area (Å²) in [5.41, 5.74) is -0.104. The van der Waals surface area contributed by atoms with Gasteiger partial charge in [0.2, 0.25) is 0 Å². The molecule has 0 spiro atoms. The molecule has 0 radical (unpaired) electrons. The summed E-state index contributed by atoms with van der Waals surface area (Å²) in [5.74, 6) is -1.88. The van der Waals surface area contributed by atoms with Crippen LogP contribution in [0.3, 0.4) is 0 Å². The maximum atomic E-state index is 13.8. The van der Waals surface area contributed by atoms with Crippen molar-refractivity contribution >= 4 is 0 Å². The van der Waals surface area contributed by atoms with E-state index in [9.17, 15) is 18.3 Å². The first-order valence-electron chi connectivity index (χ1n) is 7.88. The normalized spacial score (nSPS) is 30.8. The highest BCUT2D eigenvalue weighted by atomic mass is 19.2. The Balaban J connectivity index is 1.76. The van der Waals surface area contributed by atoms with Gasteiger partial charge >= 0.3 is 0 Å². The largest absolute Gasteiger partial charge is 0.388 e. The molecule has 2 aliphatic carbocycles. The number of aliphatic hydroxyl groups is 1. The minimum absolute atomic E-state index is 0.0521. The summed E-state index contributed by atoms with van der Waals surface area (Å²) in [4.78, 5) is 0. The monoisotopic (exact) mass is 298 g/mol. The Morgan fingerprint density at radius 2 is 1.52 bits per heavy atom. The Labute approximate surface area is 123 Å². The number of aliphatic hydroxyl groups excluding tert-OH is 1. The number of halogens is 3. The Morgan fingerprint density at radius 1 is 0.857 bits per heavy atom. The predicted octanol–water partition coefficient (Wildman–Crippen LogP) is 4.74. The van der Waals surface area contributed by atoms with E-state index >= 15 is 0 Å². The lowest BCUT2D eigenvalue weighted by atomic mass is 9.66. The molecule has 0 aliphatic heterocycles. The van der Waals surface area contributed by atoms with E-state index in [0.717, 1.165) is 31.2 Å². The van der Waals surface area contributed by atoms with Crippen molar-refractivity contribution in [3.63, 3.8) is 0 Å². The number of rotatable bonds is 2. The summed E-state index contributed by atoms with van der Waals surface area (Å²) < 4.78 is 40.1. The van der Waals surface area contributed by atoms with E-state index in [4.69, 9.17) is 0 Å².